The lowest BCUT2D eigenvalue weighted by atomic mass is 10.1. The van der Waals surface area contributed by atoms with Crippen LogP contribution >= 0.6 is 0 Å². The first-order valence-electron chi connectivity index (χ1n) is 3.21. The molecule has 0 aliphatic rings. The molecule has 0 aliphatic carbocycles. The zero-order chi connectivity index (χ0) is 8.27. The van der Waals surface area contributed by atoms with Crippen LogP contribution in [-0.2, 0) is 4.79 Å². The molecule has 0 amide bonds. The molecular formula is C5H8N4O2. The highest BCUT2D eigenvalue weighted by molar-refractivity contribution is 5.74. The summed E-state index contributed by atoms with van der Waals surface area (Å²) in [7, 11) is 0. The fourth-order valence-corrected chi connectivity index (χ4v) is 0.785. The lowest BCUT2D eigenvalue weighted by molar-refractivity contribution is -0.139. The fraction of sp³-hybridized carbons (Fsp3) is 0.600. The normalized spacial score (nSPS) is 12.8. The van der Waals surface area contributed by atoms with E-state index >= 15 is 0 Å². The Morgan fingerprint density at radius 3 is 2.91 bits per heavy atom. The first-order valence-corrected chi connectivity index (χ1v) is 3.21. The Kier molecular flexibility index (Phi) is 2.15. The Morgan fingerprint density at radius 2 is 2.55 bits per heavy atom. The number of aromatic nitrogens is 4. The van der Waals surface area contributed by atoms with Crippen LogP contribution in [-0.4, -0.2) is 31.7 Å². The molecule has 6 heteroatoms. The molecule has 1 aromatic rings. The number of H-pyrrole nitrogens is 1. The number of carboxylic acid groups (broad SMARTS) is 1. The van der Waals surface area contributed by atoms with Gasteiger partial charge < -0.3 is 5.11 Å². The van der Waals surface area contributed by atoms with Crippen LogP contribution < -0.4 is 0 Å². The molecule has 0 aromatic carbocycles. The van der Waals surface area contributed by atoms with Gasteiger partial charge in [-0.2, -0.15) is 5.21 Å². The van der Waals surface area contributed by atoms with E-state index in [1.54, 1.807) is 6.92 Å². The minimum absolute atomic E-state index is 0.236. The monoisotopic (exact) mass is 156 g/mol. The van der Waals surface area contributed by atoms with Crippen molar-refractivity contribution in [1.82, 2.24) is 20.6 Å². The van der Waals surface area contributed by atoms with Gasteiger partial charge in [0.05, 0.1) is 0 Å². The van der Waals surface area contributed by atoms with Gasteiger partial charge in [-0.15, -0.1) is 10.2 Å². The molecule has 1 heterocycles. The fourth-order valence-electron chi connectivity index (χ4n) is 0.785. The molecule has 0 saturated heterocycles. The number of nitrogens with one attached hydrogen (secondary N) is 1. The van der Waals surface area contributed by atoms with Gasteiger partial charge in [-0.25, -0.2) is 0 Å². The molecule has 1 unspecified atom stereocenters. The molecule has 0 aliphatic heterocycles. The number of carboxylic acids is 1. The van der Waals surface area contributed by atoms with Gasteiger partial charge in [0.2, 0.25) is 0 Å². The molecule has 1 atom stereocenters. The van der Waals surface area contributed by atoms with Crippen LogP contribution in [0.3, 0.4) is 0 Å². The highest BCUT2D eigenvalue weighted by atomic mass is 16.4. The van der Waals surface area contributed by atoms with E-state index in [0.29, 0.717) is 6.42 Å². The van der Waals surface area contributed by atoms with E-state index in [-0.39, 0.29) is 5.82 Å². The van der Waals surface area contributed by atoms with E-state index in [1.165, 1.54) is 0 Å². The Hall–Kier alpha value is -1.46. The first-order chi connectivity index (χ1) is 5.25. The largest absolute Gasteiger partial charge is 0.481 e. The van der Waals surface area contributed by atoms with E-state index in [1.807, 2.05) is 0 Å². The minimum Gasteiger partial charge on any atom is -0.481 e. The summed E-state index contributed by atoms with van der Waals surface area (Å²) in [5.41, 5.74) is 0. The lowest BCUT2D eigenvalue weighted by Crippen LogP contribution is -2.12. The number of carbonyl (C=O) groups is 1. The predicted octanol–water partition coefficient (Wildman–Crippen LogP) is -0.222. The van der Waals surface area contributed by atoms with E-state index in [9.17, 15) is 4.79 Å². The topological polar surface area (TPSA) is 91.8 Å². The van der Waals surface area contributed by atoms with Crippen molar-refractivity contribution in [2.45, 2.75) is 19.3 Å². The number of aliphatic carboxylic acids is 1. The Morgan fingerprint density at radius 1 is 1.82 bits per heavy atom. The third-order valence-electron chi connectivity index (χ3n) is 1.38. The molecule has 2 N–H and O–H groups in total. The van der Waals surface area contributed by atoms with E-state index in [0.717, 1.165) is 0 Å². The standard InChI is InChI=1S/C5H8N4O2/c1-2-3(5(10)11)4-6-8-9-7-4/h3H,2H2,1H3,(H,10,11)(H,6,7,8,9). The lowest BCUT2D eigenvalue weighted by Gasteiger charge is -2.01. The van der Waals surface area contributed by atoms with Crippen LogP contribution in [0.2, 0.25) is 0 Å². The zero-order valence-corrected chi connectivity index (χ0v) is 5.98. The maximum atomic E-state index is 10.5. The van der Waals surface area contributed by atoms with Crippen molar-refractivity contribution in [3.8, 4) is 0 Å². The number of nitrogens with zero attached hydrogens (tertiary/aromatic N) is 3. The predicted molar refractivity (Wildman–Crippen MR) is 34.8 cm³/mol. The zero-order valence-electron chi connectivity index (χ0n) is 5.98. The van der Waals surface area contributed by atoms with Crippen molar-refractivity contribution in [2.75, 3.05) is 0 Å². The van der Waals surface area contributed by atoms with Gasteiger partial charge in [-0.3, -0.25) is 4.79 Å². The summed E-state index contributed by atoms with van der Waals surface area (Å²) in [5, 5.41) is 21.3. The van der Waals surface area contributed by atoms with Gasteiger partial charge in [0, 0.05) is 0 Å². The summed E-state index contributed by atoms with van der Waals surface area (Å²) in [5.74, 6) is -1.33. The number of tetrazole rings is 1. The van der Waals surface area contributed by atoms with Crippen molar-refractivity contribution in [3.05, 3.63) is 5.82 Å². The molecule has 0 fully saturated rings. The summed E-state index contributed by atoms with van der Waals surface area (Å²) < 4.78 is 0. The highest BCUT2D eigenvalue weighted by Crippen LogP contribution is 2.12. The van der Waals surface area contributed by atoms with Crippen molar-refractivity contribution >= 4 is 5.97 Å². The molecule has 0 radical (unpaired) electrons. The third-order valence-corrected chi connectivity index (χ3v) is 1.38. The quantitative estimate of drug-likeness (QED) is 0.631. The van der Waals surface area contributed by atoms with Crippen molar-refractivity contribution in [2.24, 2.45) is 0 Å². The second-order valence-corrected chi connectivity index (χ2v) is 2.07. The van der Waals surface area contributed by atoms with E-state index in [4.69, 9.17) is 5.11 Å². The third kappa shape index (κ3) is 1.51. The molecule has 6 nitrogen and oxygen atoms in total. The molecule has 11 heavy (non-hydrogen) atoms. The van der Waals surface area contributed by atoms with Crippen molar-refractivity contribution in [1.29, 1.82) is 0 Å². The van der Waals surface area contributed by atoms with Crippen molar-refractivity contribution in [3.63, 3.8) is 0 Å². The molecule has 0 saturated carbocycles. The number of rotatable bonds is 3. The summed E-state index contributed by atoms with van der Waals surface area (Å²) in [4.78, 5) is 10.5. The Balaban J connectivity index is 2.79. The van der Waals surface area contributed by atoms with Crippen LogP contribution in [0.5, 0.6) is 0 Å². The van der Waals surface area contributed by atoms with Crippen molar-refractivity contribution < 1.29 is 9.90 Å². The molecule has 0 bridgehead atoms. The van der Waals surface area contributed by atoms with Gasteiger partial charge in [0.25, 0.3) is 0 Å². The van der Waals surface area contributed by atoms with Crippen LogP contribution in [0, 0.1) is 0 Å². The molecular weight excluding hydrogens is 148 g/mol. The second kappa shape index (κ2) is 3.09. The summed E-state index contributed by atoms with van der Waals surface area (Å²) >= 11 is 0. The van der Waals surface area contributed by atoms with Crippen LogP contribution in [0.4, 0.5) is 0 Å². The average Bonchev–Trinajstić information content (AvgIpc) is 2.40. The number of aromatic amines is 1. The molecule has 1 rings (SSSR count). The van der Waals surface area contributed by atoms with Crippen LogP contribution in [0.1, 0.15) is 25.1 Å². The Bertz CT molecular complexity index is 233. The molecule has 0 spiro atoms. The van der Waals surface area contributed by atoms with Gasteiger partial charge in [-0.1, -0.05) is 12.1 Å². The molecule has 1 aromatic heterocycles. The van der Waals surface area contributed by atoms with Gasteiger partial charge in [0.15, 0.2) is 5.82 Å². The highest BCUT2D eigenvalue weighted by Gasteiger charge is 2.21. The Labute approximate surface area is 62.6 Å². The summed E-state index contributed by atoms with van der Waals surface area (Å²) in [6.07, 6.45) is 0.467. The van der Waals surface area contributed by atoms with Gasteiger partial charge in [0.1, 0.15) is 5.92 Å². The minimum atomic E-state index is -0.922. The summed E-state index contributed by atoms with van der Waals surface area (Å²) in [6.45, 7) is 1.76. The maximum Gasteiger partial charge on any atom is 0.314 e. The van der Waals surface area contributed by atoms with Gasteiger partial charge in [-0.05, 0) is 6.42 Å². The van der Waals surface area contributed by atoms with E-state index in [2.05, 4.69) is 20.6 Å². The van der Waals surface area contributed by atoms with Gasteiger partial charge >= 0.3 is 5.97 Å². The van der Waals surface area contributed by atoms with Crippen LogP contribution in [0.15, 0.2) is 0 Å². The maximum absolute atomic E-state index is 10.5. The second-order valence-electron chi connectivity index (χ2n) is 2.07. The smallest absolute Gasteiger partial charge is 0.314 e. The van der Waals surface area contributed by atoms with E-state index < -0.39 is 11.9 Å². The number of hydrogen-bond donors (Lipinski definition) is 2. The molecule has 60 valence electrons. The first kappa shape index (κ1) is 7.64. The SMILES string of the molecule is CCC(C(=O)O)c1nn[nH]n1. The summed E-state index contributed by atoms with van der Waals surface area (Å²) in [6, 6.07) is 0. The van der Waals surface area contributed by atoms with Crippen LogP contribution in [0.25, 0.3) is 0 Å². The number of hydrogen-bond acceptors (Lipinski definition) is 4. The average molecular weight is 156 g/mol.